The number of carbonyl (C=O) groups is 4. The topological polar surface area (TPSA) is 118 Å². The molecule has 0 saturated heterocycles. The Bertz CT molecular complexity index is 462. The summed E-state index contributed by atoms with van der Waals surface area (Å²) in [6.07, 6.45) is 2.13. The van der Waals surface area contributed by atoms with Gasteiger partial charge in [-0.3, -0.25) is 19.2 Å². The van der Waals surface area contributed by atoms with Crippen LogP contribution in [0, 0.1) is 11.8 Å². The zero-order valence-electron chi connectivity index (χ0n) is 13.3. The first-order valence-electron chi connectivity index (χ1n) is 7.60. The molecule has 7 heteroatoms. The fraction of sp³-hybridized carbons (Fsp3) is 0.733. The minimum atomic E-state index is -0.883. The predicted molar refractivity (Wildman–Crippen MR) is 80.5 cm³/mol. The minimum absolute atomic E-state index is 0.0824. The van der Waals surface area contributed by atoms with E-state index < -0.39 is 23.9 Å². The molecule has 1 fully saturated rings. The molecule has 124 valence electrons. The molecule has 0 aromatic carbocycles. The predicted octanol–water partition coefficient (Wildman–Crippen LogP) is -0.124. The molecule has 1 rings (SSSR count). The molecule has 7 nitrogen and oxygen atoms in total. The molecule has 0 unspecified atom stereocenters. The normalized spacial score (nSPS) is 21.1. The van der Waals surface area contributed by atoms with Gasteiger partial charge in [-0.2, -0.15) is 0 Å². The summed E-state index contributed by atoms with van der Waals surface area (Å²) >= 11 is 0. The Morgan fingerprint density at radius 3 is 2.32 bits per heavy atom. The number of nitrogens with two attached hydrogens (primary N) is 1. The van der Waals surface area contributed by atoms with Gasteiger partial charge in [-0.1, -0.05) is 13.8 Å². The number of primary amides is 1. The molecule has 1 aliphatic rings. The molecule has 4 N–H and O–H groups in total. The van der Waals surface area contributed by atoms with Gasteiger partial charge in [0.2, 0.25) is 17.7 Å². The van der Waals surface area contributed by atoms with Crippen LogP contribution in [0.15, 0.2) is 0 Å². The van der Waals surface area contributed by atoms with E-state index in [2.05, 4.69) is 10.6 Å². The van der Waals surface area contributed by atoms with E-state index in [9.17, 15) is 19.2 Å². The maximum atomic E-state index is 12.3. The van der Waals surface area contributed by atoms with Crippen molar-refractivity contribution in [2.24, 2.45) is 17.6 Å². The van der Waals surface area contributed by atoms with Crippen molar-refractivity contribution < 1.29 is 19.2 Å². The molecule has 0 radical (unpaired) electrons. The molecular weight excluding hydrogens is 286 g/mol. The lowest BCUT2D eigenvalue weighted by Gasteiger charge is -2.30. The Kier molecular flexibility index (Phi) is 6.52. The van der Waals surface area contributed by atoms with E-state index >= 15 is 0 Å². The Morgan fingerprint density at radius 2 is 1.86 bits per heavy atom. The van der Waals surface area contributed by atoms with Crippen LogP contribution < -0.4 is 16.4 Å². The summed E-state index contributed by atoms with van der Waals surface area (Å²) in [6.45, 7) is 4.92. The van der Waals surface area contributed by atoms with Crippen molar-refractivity contribution in [3.8, 4) is 0 Å². The van der Waals surface area contributed by atoms with Gasteiger partial charge in [0.25, 0.3) is 0 Å². The molecule has 3 atom stereocenters. The Hall–Kier alpha value is -1.92. The standard InChI is InChI=1S/C15H25N3O4/c1-8(2)12(17-9(3)19)15(22)18-13(14(16)21)10-5-4-6-11(20)7-10/h8,10,12-13H,4-7H2,1-3H3,(H2,16,21)(H,17,19)(H,18,22)/t10-,12+,13-/m0/s1. The summed E-state index contributed by atoms with van der Waals surface area (Å²) in [5, 5.41) is 5.18. The van der Waals surface area contributed by atoms with Gasteiger partial charge in [0.05, 0.1) is 0 Å². The van der Waals surface area contributed by atoms with E-state index in [1.165, 1.54) is 6.92 Å². The second-order valence-corrected chi connectivity index (χ2v) is 6.21. The number of nitrogens with one attached hydrogen (secondary N) is 2. The quantitative estimate of drug-likeness (QED) is 0.633. The lowest BCUT2D eigenvalue weighted by Crippen LogP contribution is -2.57. The average Bonchev–Trinajstić information content (AvgIpc) is 2.41. The van der Waals surface area contributed by atoms with E-state index in [0.717, 1.165) is 0 Å². The summed E-state index contributed by atoms with van der Waals surface area (Å²) in [6, 6.07) is -1.62. The SMILES string of the molecule is CC(=O)N[C@@H](C(=O)N[C@H](C(N)=O)[C@H]1CCCC(=O)C1)C(C)C. The van der Waals surface area contributed by atoms with Crippen molar-refractivity contribution in [2.75, 3.05) is 0 Å². The van der Waals surface area contributed by atoms with Gasteiger partial charge in [0.1, 0.15) is 17.9 Å². The highest BCUT2D eigenvalue weighted by atomic mass is 16.2. The van der Waals surface area contributed by atoms with Crippen LogP contribution in [0.3, 0.4) is 0 Å². The highest BCUT2D eigenvalue weighted by Crippen LogP contribution is 2.24. The molecule has 0 aliphatic heterocycles. The zero-order valence-corrected chi connectivity index (χ0v) is 13.3. The van der Waals surface area contributed by atoms with Crippen molar-refractivity contribution in [1.82, 2.24) is 10.6 Å². The van der Waals surface area contributed by atoms with Crippen LogP contribution in [0.25, 0.3) is 0 Å². The van der Waals surface area contributed by atoms with Crippen LogP contribution in [-0.4, -0.2) is 35.6 Å². The monoisotopic (exact) mass is 311 g/mol. The molecular formula is C15H25N3O4. The highest BCUT2D eigenvalue weighted by Gasteiger charge is 2.34. The second kappa shape index (κ2) is 7.91. The Morgan fingerprint density at radius 1 is 1.23 bits per heavy atom. The summed E-state index contributed by atoms with van der Waals surface area (Å²) < 4.78 is 0. The van der Waals surface area contributed by atoms with Crippen LogP contribution in [0.4, 0.5) is 0 Å². The Balaban J connectivity index is 2.80. The third-order valence-corrected chi connectivity index (χ3v) is 3.90. The first-order valence-corrected chi connectivity index (χ1v) is 7.60. The highest BCUT2D eigenvalue weighted by molar-refractivity contribution is 5.92. The van der Waals surface area contributed by atoms with Gasteiger partial charge in [-0.15, -0.1) is 0 Å². The van der Waals surface area contributed by atoms with Crippen molar-refractivity contribution in [2.45, 2.75) is 58.5 Å². The maximum Gasteiger partial charge on any atom is 0.243 e. The molecule has 22 heavy (non-hydrogen) atoms. The van der Waals surface area contributed by atoms with E-state index in [4.69, 9.17) is 5.73 Å². The molecule has 0 bridgehead atoms. The number of rotatable bonds is 6. The summed E-state index contributed by atoms with van der Waals surface area (Å²) in [5.74, 6) is -1.75. The lowest BCUT2D eigenvalue weighted by molar-refractivity contribution is -0.133. The van der Waals surface area contributed by atoms with Gasteiger partial charge >= 0.3 is 0 Å². The zero-order chi connectivity index (χ0) is 16.9. The number of amides is 3. The van der Waals surface area contributed by atoms with E-state index in [1.807, 2.05) is 0 Å². The number of hydrogen-bond donors (Lipinski definition) is 3. The summed E-state index contributed by atoms with van der Waals surface area (Å²) in [7, 11) is 0. The first-order chi connectivity index (χ1) is 10.2. The van der Waals surface area contributed by atoms with Crippen molar-refractivity contribution in [3.63, 3.8) is 0 Å². The van der Waals surface area contributed by atoms with Crippen molar-refractivity contribution in [1.29, 1.82) is 0 Å². The summed E-state index contributed by atoms with van der Waals surface area (Å²) in [5.41, 5.74) is 5.39. The largest absolute Gasteiger partial charge is 0.368 e. The van der Waals surface area contributed by atoms with Gasteiger partial charge in [-0.25, -0.2) is 0 Å². The van der Waals surface area contributed by atoms with E-state index in [-0.39, 0.29) is 29.9 Å². The summed E-state index contributed by atoms with van der Waals surface area (Å²) in [4.78, 5) is 46.8. The molecule has 0 aromatic heterocycles. The van der Waals surface area contributed by atoms with Gasteiger partial charge in [0, 0.05) is 19.8 Å². The van der Waals surface area contributed by atoms with Gasteiger partial charge in [0.15, 0.2) is 0 Å². The number of carbonyl (C=O) groups excluding carboxylic acids is 4. The van der Waals surface area contributed by atoms with Crippen LogP contribution in [0.5, 0.6) is 0 Å². The fourth-order valence-corrected chi connectivity index (χ4v) is 2.76. The molecule has 0 aromatic rings. The van der Waals surface area contributed by atoms with Crippen LogP contribution >= 0.6 is 0 Å². The number of ketones is 1. The lowest BCUT2D eigenvalue weighted by atomic mass is 9.82. The molecule has 0 spiro atoms. The van der Waals surface area contributed by atoms with E-state index in [1.54, 1.807) is 13.8 Å². The van der Waals surface area contributed by atoms with Gasteiger partial charge < -0.3 is 16.4 Å². The minimum Gasteiger partial charge on any atom is -0.368 e. The second-order valence-electron chi connectivity index (χ2n) is 6.21. The smallest absolute Gasteiger partial charge is 0.243 e. The molecule has 1 saturated carbocycles. The van der Waals surface area contributed by atoms with Crippen LogP contribution in [0.1, 0.15) is 46.5 Å². The third kappa shape index (κ3) is 5.13. The maximum absolute atomic E-state index is 12.3. The van der Waals surface area contributed by atoms with Gasteiger partial charge in [-0.05, 0) is 24.7 Å². The molecule has 3 amide bonds. The van der Waals surface area contributed by atoms with Crippen LogP contribution in [0.2, 0.25) is 0 Å². The number of hydrogen-bond acceptors (Lipinski definition) is 4. The molecule has 0 heterocycles. The average molecular weight is 311 g/mol. The van der Waals surface area contributed by atoms with E-state index in [0.29, 0.717) is 19.3 Å². The first kappa shape index (κ1) is 18.1. The van der Waals surface area contributed by atoms with Crippen molar-refractivity contribution in [3.05, 3.63) is 0 Å². The number of Topliss-reactive ketones (excluding diaryl/α,β-unsaturated/α-hetero) is 1. The van der Waals surface area contributed by atoms with Crippen LogP contribution in [-0.2, 0) is 19.2 Å². The fourth-order valence-electron chi connectivity index (χ4n) is 2.76. The third-order valence-electron chi connectivity index (χ3n) is 3.90. The van der Waals surface area contributed by atoms with Crippen molar-refractivity contribution >= 4 is 23.5 Å². The molecule has 1 aliphatic carbocycles. The Labute approximate surface area is 130 Å².